The van der Waals surface area contributed by atoms with E-state index >= 15 is 8.78 Å². The molecule has 294 valence electrons. The average molecular weight is 785 g/mol. The fraction of sp³-hybridized carbons (Fsp3) is 0.432. The molecule has 2 aliphatic rings. The minimum absolute atomic E-state index is 0.0787. The third-order valence-corrected chi connectivity index (χ3v) is 18.2. The highest BCUT2D eigenvalue weighted by Gasteiger charge is 2.49. The molecule has 7 nitrogen and oxygen atoms in total. The molecule has 0 bridgehead atoms. The molecule has 0 radical (unpaired) electrons. The van der Waals surface area contributed by atoms with Gasteiger partial charge in [-0.15, -0.1) is 5.54 Å². The van der Waals surface area contributed by atoms with E-state index in [1.54, 1.807) is 24.3 Å². The van der Waals surface area contributed by atoms with E-state index in [9.17, 15) is 8.78 Å². The summed E-state index contributed by atoms with van der Waals surface area (Å²) in [6.07, 6.45) is 2.46. The summed E-state index contributed by atoms with van der Waals surface area (Å²) in [5.41, 5.74) is 4.76. The first-order valence-corrected chi connectivity index (χ1v) is 21.6. The van der Waals surface area contributed by atoms with Gasteiger partial charge in [0.1, 0.15) is 49.4 Å². The molecule has 7 rings (SSSR count). The molecule has 0 N–H and O–H groups in total. The summed E-state index contributed by atoms with van der Waals surface area (Å²) in [6.45, 7) is 14.3. The third kappa shape index (κ3) is 7.14. The Kier molecular flexibility index (Phi) is 11.2. The summed E-state index contributed by atoms with van der Waals surface area (Å²) in [6, 6.07) is 12.0. The molecule has 5 aromatic rings. The highest BCUT2D eigenvalue weighted by Crippen LogP contribution is 2.44. The van der Waals surface area contributed by atoms with Gasteiger partial charge in [-0.2, -0.15) is 9.97 Å². The monoisotopic (exact) mass is 784 g/mol. The number of fused-ring (bicyclic) bond motifs is 3. The third-order valence-electron chi connectivity index (χ3n) is 11.9. The van der Waals surface area contributed by atoms with Crippen LogP contribution >= 0.6 is 0 Å². The topological polar surface area (TPSA) is 69.6 Å². The van der Waals surface area contributed by atoms with Gasteiger partial charge in [0.2, 0.25) is 0 Å². The Labute approximate surface area is 326 Å². The number of nitrogens with zero attached hydrogens (tertiary/aromatic N) is 4. The van der Waals surface area contributed by atoms with Gasteiger partial charge < -0.3 is 14.2 Å². The molecule has 3 aromatic carbocycles. The van der Waals surface area contributed by atoms with Crippen molar-refractivity contribution in [1.82, 2.24) is 19.9 Å². The summed E-state index contributed by atoms with van der Waals surface area (Å²) in [7, 11) is -0.820. The zero-order chi connectivity index (χ0) is 39.9. The largest absolute Gasteiger partial charge is 0.468 e. The van der Waals surface area contributed by atoms with Crippen LogP contribution in [0, 0.1) is 28.9 Å². The van der Waals surface area contributed by atoms with Crippen molar-refractivity contribution in [2.45, 2.75) is 89.1 Å². The first kappa shape index (κ1) is 39.7. The SMILES string of the molecule is COCOc1cc(-c2ncc3c(-c4cccc(F)c4)nc(OC[C@@]45CCCN4C[C@H](F)C5)nc3c2F)c2c(C#C[Si](C(C)C)(C(C)C)C(C)C)c(F)ccc2c1. The van der Waals surface area contributed by atoms with Crippen LogP contribution in [-0.4, -0.2) is 73.2 Å². The van der Waals surface area contributed by atoms with E-state index in [0.29, 0.717) is 51.7 Å². The van der Waals surface area contributed by atoms with Crippen molar-refractivity contribution in [3.05, 3.63) is 77.7 Å². The van der Waals surface area contributed by atoms with Crippen LogP contribution in [0.5, 0.6) is 11.8 Å². The number of hydrogen-bond acceptors (Lipinski definition) is 7. The lowest BCUT2D eigenvalue weighted by molar-refractivity contribution is 0.0512. The van der Waals surface area contributed by atoms with Crippen molar-refractivity contribution in [3.8, 4) is 45.7 Å². The number of halogens is 4. The lowest BCUT2D eigenvalue weighted by atomic mass is 9.95. The lowest BCUT2D eigenvalue weighted by Gasteiger charge is -2.38. The summed E-state index contributed by atoms with van der Waals surface area (Å²) >= 11 is 0. The molecule has 0 unspecified atom stereocenters. The van der Waals surface area contributed by atoms with Crippen LogP contribution in [0.25, 0.3) is 44.2 Å². The van der Waals surface area contributed by atoms with E-state index in [4.69, 9.17) is 14.2 Å². The van der Waals surface area contributed by atoms with Crippen LogP contribution in [-0.2, 0) is 4.74 Å². The fourth-order valence-electron chi connectivity index (χ4n) is 9.33. The number of ether oxygens (including phenoxy) is 3. The lowest BCUT2D eigenvalue weighted by Crippen LogP contribution is -2.43. The van der Waals surface area contributed by atoms with Gasteiger partial charge in [-0.05, 0) is 71.7 Å². The molecule has 2 aliphatic heterocycles. The Morgan fingerprint density at radius 1 is 0.946 bits per heavy atom. The van der Waals surface area contributed by atoms with Crippen molar-refractivity contribution in [3.63, 3.8) is 0 Å². The van der Waals surface area contributed by atoms with Gasteiger partial charge in [-0.3, -0.25) is 9.88 Å². The number of rotatable bonds is 11. The standard InChI is InChI=1S/C44H48F4N4O3Si/c1-26(2)56(27(3)4,28(5)6)17-14-34-37(47)13-12-29-19-33(55-25-53-7)20-35(38(29)34)41-39(48)42-36(22-49-41)40(30-10-8-11-31(45)18-30)50-43(51-42)54-24-44-15-9-16-52(44)23-32(46)21-44/h8,10-13,18-20,22,26-28,32H,9,15-16,21,23-25H2,1-7H3/t32-,44+/m1/s1. The molecule has 4 heterocycles. The number of pyridine rings is 1. The number of alkyl halides is 1. The molecule has 2 aromatic heterocycles. The van der Waals surface area contributed by atoms with E-state index in [2.05, 4.69) is 72.9 Å². The zero-order valence-corrected chi connectivity index (χ0v) is 34.0. The summed E-state index contributed by atoms with van der Waals surface area (Å²) in [5.74, 6) is 1.79. The minimum Gasteiger partial charge on any atom is -0.468 e. The molecule has 56 heavy (non-hydrogen) atoms. The second-order valence-corrected chi connectivity index (χ2v) is 21.7. The predicted octanol–water partition coefficient (Wildman–Crippen LogP) is 10.4. The van der Waals surface area contributed by atoms with E-state index < -0.39 is 37.2 Å². The molecule has 0 amide bonds. The smallest absolute Gasteiger partial charge is 0.317 e. The van der Waals surface area contributed by atoms with Crippen LogP contribution in [0.3, 0.4) is 0 Å². The van der Waals surface area contributed by atoms with Gasteiger partial charge in [0.25, 0.3) is 0 Å². The van der Waals surface area contributed by atoms with Crippen molar-refractivity contribution in [2.24, 2.45) is 0 Å². The second-order valence-electron chi connectivity index (χ2n) is 16.1. The van der Waals surface area contributed by atoms with Gasteiger partial charge >= 0.3 is 6.01 Å². The van der Waals surface area contributed by atoms with E-state index in [1.165, 1.54) is 37.6 Å². The molecule has 2 fully saturated rings. The van der Waals surface area contributed by atoms with E-state index in [1.807, 2.05) is 0 Å². The zero-order valence-electron chi connectivity index (χ0n) is 33.0. The quantitative estimate of drug-likeness (QED) is 0.0572. The molecular formula is C44H48F4N4O3Si. The van der Waals surface area contributed by atoms with Crippen molar-refractivity contribution in [2.75, 3.05) is 33.6 Å². The number of aromatic nitrogens is 3. The Morgan fingerprint density at radius 3 is 2.43 bits per heavy atom. The summed E-state index contributed by atoms with van der Waals surface area (Å²) in [4.78, 5) is 15.9. The van der Waals surface area contributed by atoms with E-state index in [0.717, 1.165) is 19.4 Å². The normalized spacial score (nSPS) is 18.6. The molecule has 12 heteroatoms. The van der Waals surface area contributed by atoms with Crippen LogP contribution in [0.1, 0.15) is 66.4 Å². The van der Waals surface area contributed by atoms with Gasteiger partial charge in [0.05, 0.1) is 16.8 Å². The maximum absolute atomic E-state index is 17.4. The molecule has 2 atom stereocenters. The Balaban J connectivity index is 1.45. The second kappa shape index (κ2) is 15.8. The van der Waals surface area contributed by atoms with Gasteiger partial charge in [0, 0.05) is 48.2 Å². The van der Waals surface area contributed by atoms with Crippen molar-refractivity contribution in [1.29, 1.82) is 0 Å². The van der Waals surface area contributed by atoms with Crippen molar-refractivity contribution >= 4 is 29.7 Å². The van der Waals surface area contributed by atoms with Crippen LogP contribution in [0.2, 0.25) is 16.6 Å². The first-order chi connectivity index (χ1) is 26.8. The Hall–Kier alpha value is -4.57. The highest BCUT2D eigenvalue weighted by atomic mass is 28.3. The van der Waals surface area contributed by atoms with Gasteiger partial charge in [-0.1, -0.05) is 65.7 Å². The first-order valence-electron chi connectivity index (χ1n) is 19.3. The number of hydrogen-bond donors (Lipinski definition) is 0. The maximum atomic E-state index is 17.4. The van der Waals surface area contributed by atoms with E-state index in [-0.39, 0.29) is 52.8 Å². The molecule has 0 saturated carbocycles. The van der Waals surface area contributed by atoms with Crippen LogP contribution in [0.4, 0.5) is 17.6 Å². The summed E-state index contributed by atoms with van der Waals surface area (Å²) < 4.78 is 80.0. The van der Waals surface area contributed by atoms with Gasteiger partial charge in [0.15, 0.2) is 12.6 Å². The van der Waals surface area contributed by atoms with Gasteiger partial charge in [-0.25, -0.2) is 17.6 Å². The van der Waals surface area contributed by atoms with Crippen LogP contribution in [0.15, 0.2) is 54.7 Å². The maximum Gasteiger partial charge on any atom is 0.317 e. The molecule has 2 saturated heterocycles. The van der Waals surface area contributed by atoms with Crippen molar-refractivity contribution < 1.29 is 31.8 Å². The molecule has 0 aliphatic carbocycles. The number of methoxy groups -OCH3 is 1. The number of benzene rings is 3. The molecule has 0 spiro atoms. The molecular weight excluding hydrogens is 737 g/mol. The highest BCUT2D eigenvalue weighted by molar-refractivity contribution is 6.90. The Bertz CT molecular complexity index is 2320. The van der Waals surface area contributed by atoms with Crippen LogP contribution < -0.4 is 9.47 Å². The summed E-state index contributed by atoms with van der Waals surface area (Å²) in [5, 5.41) is 1.17. The average Bonchev–Trinajstić information content (AvgIpc) is 3.69. The fourth-order valence-corrected chi connectivity index (χ4v) is 14.5. The minimum atomic E-state index is -2.31. The predicted molar refractivity (Wildman–Crippen MR) is 215 cm³/mol. The Morgan fingerprint density at radius 2 is 1.71 bits per heavy atom.